The van der Waals surface area contributed by atoms with E-state index in [1.165, 1.54) is 5.56 Å². The molecule has 0 N–H and O–H groups in total. The Morgan fingerprint density at radius 3 is 2.58 bits per heavy atom. The molecule has 1 saturated carbocycles. The Morgan fingerprint density at radius 2 is 2.00 bits per heavy atom. The second-order valence-electron chi connectivity index (χ2n) is 8.14. The van der Waals surface area contributed by atoms with E-state index in [4.69, 9.17) is 0 Å². The lowest BCUT2D eigenvalue weighted by atomic mass is 9.83. The maximum atomic E-state index is 13.1. The lowest BCUT2D eigenvalue weighted by Crippen LogP contribution is -2.35. The first kappa shape index (κ1) is 18.7. The minimum atomic E-state index is -2.77. The van der Waals surface area contributed by atoms with Crippen molar-refractivity contribution in [2.24, 2.45) is 10.2 Å². The Bertz CT molecular complexity index is 774. The SMILES string of the molecule is Cc1ccc(C(C)(C)C)c(CN(C(=O)C2=C(C(F)F)N=NC2)C2CC2)c1. The molecule has 4 nitrogen and oxygen atoms in total. The van der Waals surface area contributed by atoms with Crippen molar-refractivity contribution >= 4 is 5.91 Å². The largest absolute Gasteiger partial charge is 0.331 e. The highest BCUT2D eigenvalue weighted by Gasteiger charge is 2.37. The van der Waals surface area contributed by atoms with Crippen LogP contribution in [0.25, 0.3) is 0 Å². The van der Waals surface area contributed by atoms with Crippen molar-refractivity contribution < 1.29 is 13.6 Å². The molecule has 26 heavy (non-hydrogen) atoms. The third kappa shape index (κ3) is 3.84. The maximum Gasteiger partial charge on any atom is 0.282 e. The van der Waals surface area contributed by atoms with E-state index in [0.717, 1.165) is 24.0 Å². The molecule has 1 heterocycles. The third-order valence-corrected chi connectivity index (χ3v) is 4.84. The number of nitrogens with zero attached hydrogens (tertiary/aromatic N) is 3. The first-order valence-corrected chi connectivity index (χ1v) is 8.98. The number of azo groups is 1. The van der Waals surface area contributed by atoms with Gasteiger partial charge in [0.2, 0.25) is 0 Å². The number of rotatable bonds is 5. The van der Waals surface area contributed by atoms with Crippen LogP contribution in [0.4, 0.5) is 8.78 Å². The fourth-order valence-electron chi connectivity index (χ4n) is 3.37. The normalized spacial score (nSPS) is 17.3. The Labute approximate surface area is 153 Å². The summed E-state index contributed by atoms with van der Waals surface area (Å²) in [6.07, 6.45) is -0.951. The zero-order chi connectivity index (χ0) is 19.1. The molecule has 0 radical (unpaired) electrons. The maximum absolute atomic E-state index is 13.1. The smallest absolute Gasteiger partial charge is 0.282 e. The van der Waals surface area contributed by atoms with Crippen LogP contribution in [0, 0.1) is 6.92 Å². The van der Waals surface area contributed by atoms with Gasteiger partial charge in [-0.05, 0) is 36.3 Å². The number of carbonyl (C=O) groups excluding carboxylic acids is 1. The average Bonchev–Trinajstić information content (AvgIpc) is 3.25. The van der Waals surface area contributed by atoms with E-state index in [0.29, 0.717) is 6.54 Å². The summed E-state index contributed by atoms with van der Waals surface area (Å²) < 4.78 is 26.3. The standard InChI is InChI=1S/C20H25F2N3O/c1-12-5-8-16(20(2,3)4)13(9-12)11-25(14-6-7-14)19(26)15-10-23-24-17(15)18(21)22/h5,8-9,14,18H,6-7,10-11H2,1-4H3. The third-order valence-electron chi connectivity index (χ3n) is 4.84. The lowest BCUT2D eigenvalue weighted by Gasteiger charge is -2.28. The quantitative estimate of drug-likeness (QED) is 0.745. The molecule has 2 aliphatic rings. The van der Waals surface area contributed by atoms with Crippen molar-refractivity contribution in [3.8, 4) is 0 Å². The molecule has 0 unspecified atom stereocenters. The molecule has 0 aromatic heterocycles. The monoisotopic (exact) mass is 361 g/mol. The number of allylic oxidation sites excluding steroid dienone is 1. The first-order valence-electron chi connectivity index (χ1n) is 8.98. The minimum Gasteiger partial charge on any atom is -0.331 e. The molecule has 1 aliphatic carbocycles. The summed E-state index contributed by atoms with van der Waals surface area (Å²) in [6, 6.07) is 6.38. The van der Waals surface area contributed by atoms with Crippen molar-refractivity contribution in [3.05, 3.63) is 46.2 Å². The number of hydrogen-bond acceptors (Lipinski definition) is 3. The molecule has 0 bridgehead atoms. The van der Waals surface area contributed by atoms with Crippen molar-refractivity contribution in [1.29, 1.82) is 0 Å². The molecule has 0 atom stereocenters. The number of aryl methyl sites for hydroxylation is 1. The van der Waals surface area contributed by atoms with Crippen LogP contribution in [0.1, 0.15) is 50.3 Å². The van der Waals surface area contributed by atoms with E-state index in [2.05, 4.69) is 49.2 Å². The minimum absolute atomic E-state index is 0.0388. The van der Waals surface area contributed by atoms with E-state index in [1.807, 2.05) is 6.92 Å². The van der Waals surface area contributed by atoms with Gasteiger partial charge < -0.3 is 4.90 Å². The van der Waals surface area contributed by atoms with E-state index in [1.54, 1.807) is 4.90 Å². The topological polar surface area (TPSA) is 45.0 Å². The molecule has 1 amide bonds. The molecule has 0 saturated heterocycles. The highest BCUT2D eigenvalue weighted by molar-refractivity contribution is 5.95. The van der Waals surface area contributed by atoms with Crippen molar-refractivity contribution in [3.63, 3.8) is 0 Å². The van der Waals surface area contributed by atoms with Gasteiger partial charge in [0.05, 0.1) is 12.1 Å². The van der Waals surface area contributed by atoms with Crippen LogP contribution in [-0.2, 0) is 16.8 Å². The molecule has 1 fully saturated rings. The summed E-state index contributed by atoms with van der Waals surface area (Å²) in [6.45, 7) is 8.80. The number of halogens is 2. The van der Waals surface area contributed by atoms with Crippen LogP contribution in [0.2, 0.25) is 0 Å². The highest BCUT2D eigenvalue weighted by atomic mass is 19.3. The number of carbonyl (C=O) groups is 1. The second-order valence-corrected chi connectivity index (χ2v) is 8.14. The predicted octanol–water partition coefficient (Wildman–Crippen LogP) is 4.77. The molecule has 0 spiro atoms. The van der Waals surface area contributed by atoms with Gasteiger partial charge in [0.15, 0.2) is 0 Å². The Kier molecular flexibility index (Phi) is 4.95. The van der Waals surface area contributed by atoms with Crippen LogP contribution in [0.3, 0.4) is 0 Å². The molecule has 1 aromatic carbocycles. The summed E-state index contributed by atoms with van der Waals surface area (Å²) in [5.74, 6) is -0.353. The summed E-state index contributed by atoms with van der Waals surface area (Å²) in [7, 11) is 0. The molecule has 1 aromatic rings. The summed E-state index contributed by atoms with van der Waals surface area (Å²) in [5, 5.41) is 7.14. The van der Waals surface area contributed by atoms with Gasteiger partial charge in [0, 0.05) is 12.6 Å². The fraction of sp³-hybridized carbons (Fsp3) is 0.550. The van der Waals surface area contributed by atoms with Gasteiger partial charge in [-0.25, -0.2) is 8.78 Å². The zero-order valence-electron chi connectivity index (χ0n) is 15.7. The molecule has 3 rings (SSSR count). The van der Waals surface area contributed by atoms with E-state index < -0.39 is 12.1 Å². The van der Waals surface area contributed by atoms with Gasteiger partial charge in [-0.15, -0.1) is 0 Å². The summed E-state index contributed by atoms with van der Waals surface area (Å²) >= 11 is 0. The highest BCUT2D eigenvalue weighted by Crippen LogP contribution is 2.34. The van der Waals surface area contributed by atoms with Crippen molar-refractivity contribution in [1.82, 2.24) is 4.90 Å². The van der Waals surface area contributed by atoms with Crippen LogP contribution in [-0.4, -0.2) is 29.8 Å². The zero-order valence-corrected chi connectivity index (χ0v) is 15.7. The number of benzene rings is 1. The summed E-state index contributed by atoms with van der Waals surface area (Å²) in [5.41, 5.74) is 2.87. The molecule has 140 valence electrons. The molecule has 1 aliphatic heterocycles. The Hall–Kier alpha value is -2.11. The van der Waals surface area contributed by atoms with Crippen molar-refractivity contribution in [2.75, 3.05) is 6.54 Å². The van der Waals surface area contributed by atoms with Crippen LogP contribution in [0.5, 0.6) is 0 Å². The average molecular weight is 361 g/mol. The van der Waals surface area contributed by atoms with Crippen molar-refractivity contribution in [2.45, 2.75) is 65.0 Å². The molecule has 6 heteroatoms. The van der Waals surface area contributed by atoms with Gasteiger partial charge >= 0.3 is 0 Å². The Balaban J connectivity index is 1.93. The molecular weight excluding hydrogens is 336 g/mol. The first-order chi connectivity index (χ1) is 12.2. The fourth-order valence-corrected chi connectivity index (χ4v) is 3.37. The number of hydrogen-bond donors (Lipinski definition) is 0. The van der Waals surface area contributed by atoms with E-state index in [9.17, 15) is 13.6 Å². The van der Waals surface area contributed by atoms with E-state index >= 15 is 0 Å². The van der Waals surface area contributed by atoms with Crippen LogP contribution >= 0.6 is 0 Å². The van der Waals surface area contributed by atoms with Gasteiger partial charge in [0.25, 0.3) is 12.3 Å². The van der Waals surface area contributed by atoms with Crippen LogP contribution < -0.4 is 0 Å². The molecular formula is C20H25F2N3O. The van der Waals surface area contributed by atoms with Gasteiger partial charge in [-0.2, -0.15) is 10.2 Å². The number of alkyl halides is 2. The lowest BCUT2D eigenvalue weighted by molar-refractivity contribution is -0.128. The number of amides is 1. The van der Waals surface area contributed by atoms with Crippen LogP contribution in [0.15, 0.2) is 39.7 Å². The second kappa shape index (κ2) is 6.89. The van der Waals surface area contributed by atoms with E-state index in [-0.39, 0.29) is 29.5 Å². The Morgan fingerprint density at radius 1 is 1.31 bits per heavy atom. The van der Waals surface area contributed by atoms with Gasteiger partial charge in [-0.3, -0.25) is 4.79 Å². The van der Waals surface area contributed by atoms with Gasteiger partial charge in [-0.1, -0.05) is 44.5 Å². The summed E-state index contributed by atoms with van der Waals surface area (Å²) in [4.78, 5) is 14.7. The van der Waals surface area contributed by atoms with Gasteiger partial charge in [0.1, 0.15) is 5.70 Å². The predicted molar refractivity (Wildman–Crippen MR) is 96.2 cm³/mol.